The van der Waals surface area contributed by atoms with Crippen molar-refractivity contribution in [1.29, 1.82) is 0 Å². The van der Waals surface area contributed by atoms with Crippen LogP contribution in [0.1, 0.15) is 102 Å². The number of unbranched alkanes of at least 4 members (excludes halogenated alkanes) is 3. The Balaban J connectivity index is 1.59. The fourth-order valence-corrected chi connectivity index (χ4v) is 6.00. The van der Waals surface area contributed by atoms with E-state index >= 15 is 0 Å². The Hall–Kier alpha value is -0.780. The lowest BCUT2D eigenvalue weighted by molar-refractivity contribution is -0.00733. The van der Waals surface area contributed by atoms with Gasteiger partial charge in [-0.1, -0.05) is 70.9 Å². The average molecular weight is 449 g/mol. The molecule has 176 valence electrons. The van der Waals surface area contributed by atoms with Crippen molar-refractivity contribution in [2.75, 3.05) is 12.4 Å². The van der Waals surface area contributed by atoms with Gasteiger partial charge in [-0.05, 0) is 56.9 Å². The Morgan fingerprint density at radius 2 is 1.87 bits per heavy atom. The van der Waals surface area contributed by atoms with Gasteiger partial charge in [-0.3, -0.25) is 9.52 Å². The van der Waals surface area contributed by atoms with Gasteiger partial charge in [0.1, 0.15) is 0 Å². The normalized spacial score (nSPS) is 26.0. The van der Waals surface area contributed by atoms with Gasteiger partial charge >= 0.3 is 0 Å². The first kappa shape index (κ1) is 24.9. The first-order valence-electron chi connectivity index (χ1n) is 12.9. The van der Waals surface area contributed by atoms with Crippen LogP contribution in [0.5, 0.6) is 0 Å². The minimum Gasteiger partial charge on any atom is -0.376 e. The van der Waals surface area contributed by atoms with Crippen LogP contribution in [0.25, 0.3) is 0 Å². The number of hydrogen-bond donors (Lipinski definition) is 1. The van der Waals surface area contributed by atoms with Crippen LogP contribution in [0.2, 0.25) is 0 Å². The van der Waals surface area contributed by atoms with E-state index in [1.807, 2.05) is 6.07 Å². The molecule has 2 aliphatic rings. The minimum atomic E-state index is 0.0913. The summed E-state index contributed by atoms with van der Waals surface area (Å²) in [5.74, 6) is 1.93. The van der Waals surface area contributed by atoms with E-state index in [0.717, 1.165) is 36.5 Å². The van der Waals surface area contributed by atoms with Gasteiger partial charge < -0.3 is 9.30 Å². The maximum atomic E-state index is 13.2. The second-order valence-corrected chi connectivity index (χ2v) is 10.6. The lowest BCUT2D eigenvalue weighted by atomic mass is 9.84. The molecule has 1 aromatic rings. The van der Waals surface area contributed by atoms with Crippen molar-refractivity contribution >= 4 is 11.9 Å². The summed E-state index contributed by atoms with van der Waals surface area (Å²) < 4.78 is 12.2. The molecule has 1 aliphatic carbocycles. The molecule has 2 heterocycles. The SMILES string of the molecule is CCCCCCC1CCC(OCC2C(NSCC)CCc3ccc(CC)c(=O)n32)CC1. The van der Waals surface area contributed by atoms with Gasteiger partial charge in [-0.25, -0.2) is 0 Å². The van der Waals surface area contributed by atoms with Gasteiger partial charge in [0.2, 0.25) is 0 Å². The zero-order chi connectivity index (χ0) is 22.1. The molecule has 0 radical (unpaired) electrons. The third-order valence-electron chi connectivity index (χ3n) is 7.31. The van der Waals surface area contributed by atoms with E-state index in [-0.39, 0.29) is 17.6 Å². The van der Waals surface area contributed by atoms with Crippen LogP contribution in [0.4, 0.5) is 0 Å². The summed E-state index contributed by atoms with van der Waals surface area (Å²) in [6.45, 7) is 7.17. The maximum Gasteiger partial charge on any atom is 0.254 e. The molecule has 3 rings (SSSR count). The molecule has 1 N–H and O–H groups in total. The third kappa shape index (κ3) is 6.85. The molecular formula is C26H44N2O2S. The van der Waals surface area contributed by atoms with E-state index in [0.29, 0.717) is 12.7 Å². The van der Waals surface area contributed by atoms with Crippen LogP contribution in [0.3, 0.4) is 0 Å². The summed E-state index contributed by atoms with van der Waals surface area (Å²) in [7, 11) is 0. The molecule has 4 nitrogen and oxygen atoms in total. The maximum absolute atomic E-state index is 13.2. The van der Waals surface area contributed by atoms with Crippen LogP contribution in [0.15, 0.2) is 16.9 Å². The van der Waals surface area contributed by atoms with Crippen molar-refractivity contribution in [3.8, 4) is 0 Å². The Morgan fingerprint density at radius 3 is 2.58 bits per heavy atom. The van der Waals surface area contributed by atoms with Crippen LogP contribution in [-0.2, 0) is 17.6 Å². The van der Waals surface area contributed by atoms with Crippen LogP contribution in [0, 0.1) is 5.92 Å². The van der Waals surface area contributed by atoms with Crippen LogP contribution < -0.4 is 10.3 Å². The minimum absolute atomic E-state index is 0.0913. The highest BCUT2D eigenvalue weighted by Crippen LogP contribution is 2.32. The molecule has 1 aliphatic heterocycles. The number of pyridine rings is 1. The topological polar surface area (TPSA) is 43.3 Å². The first-order chi connectivity index (χ1) is 15.2. The highest BCUT2D eigenvalue weighted by molar-refractivity contribution is 7.97. The number of aryl methyl sites for hydroxylation is 2. The van der Waals surface area contributed by atoms with E-state index in [4.69, 9.17) is 4.74 Å². The lowest BCUT2D eigenvalue weighted by Gasteiger charge is -2.37. The molecule has 5 heteroatoms. The second-order valence-electron chi connectivity index (χ2n) is 9.47. The molecular weight excluding hydrogens is 404 g/mol. The standard InChI is InChI=1S/C26H44N2O2S/c1-4-7-8-9-10-20-11-16-23(17-12-20)30-19-25-24(27-31-6-3)18-15-22-14-13-21(5-2)26(29)28(22)25/h13-14,20,23-25,27H,4-12,15-19H2,1-3H3. The number of nitrogens with one attached hydrogen (secondary N) is 1. The van der Waals surface area contributed by atoms with Crippen LogP contribution in [-0.4, -0.2) is 29.1 Å². The Kier molecular flexibility index (Phi) is 10.5. The molecule has 0 bridgehead atoms. The number of rotatable bonds is 12. The van der Waals surface area contributed by atoms with Crippen LogP contribution >= 0.6 is 11.9 Å². The molecule has 0 amide bonds. The fourth-order valence-electron chi connectivity index (χ4n) is 5.35. The summed E-state index contributed by atoms with van der Waals surface area (Å²) in [4.78, 5) is 13.2. The molecule has 1 saturated carbocycles. The van der Waals surface area contributed by atoms with Gasteiger partial charge in [-0.15, -0.1) is 0 Å². The lowest BCUT2D eigenvalue weighted by Crippen LogP contribution is -2.47. The Labute approximate surface area is 194 Å². The van der Waals surface area contributed by atoms with Crippen molar-refractivity contribution in [3.05, 3.63) is 33.7 Å². The molecule has 1 aromatic heterocycles. The molecule has 0 aromatic carbocycles. The number of nitrogens with zero attached hydrogens (tertiary/aromatic N) is 1. The molecule has 2 unspecified atom stereocenters. The largest absolute Gasteiger partial charge is 0.376 e. The van der Waals surface area contributed by atoms with E-state index in [2.05, 4.69) is 36.1 Å². The zero-order valence-corrected chi connectivity index (χ0v) is 20.9. The van der Waals surface area contributed by atoms with Gasteiger partial charge in [-0.2, -0.15) is 0 Å². The molecule has 1 fully saturated rings. The highest BCUT2D eigenvalue weighted by Gasteiger charge is 2.32. The number of ether oxygens (including phenoxy) is 1. The van der Waals surface area contributed by atoms with E-state index in [1.165, 1.54) is 63.5 Å². The molecule has 0 saturated heterocycles. The molecule has 0 spiro atoms. The van der Waals surface area contributed by atoms with Crippen molar-refractivity contribution in [1.82, 2.24) is 9.29 Å². The van der Waals surface area contributed by atoms with E-state index in [9.17, 15) is 4.79 Å². The Bertz CT molecular complexity index is 712. The van der Waals surface area contributed by atoms with Crippen molar-refractivity contribution in [2.45, 2.75) is 116 Å². The first-order valence-corrected chi connectivity index (χ1v) is 13.9. The summed E-state index contributed by atoms with van der Waals surface area (Å²) in [5.41, 5.74) is 2.28. The highest BCUT2D eigenvalue weighted by atomic mass is 32.2. The van der Waals surface area contributed by atoms with Gasteiger partial charge in [0.05, 0.1) is 18.8 Å². The third-order valence-corrected chi connectivity index (χ3v) is 8.07. The number of aromatic nitrogens is 1. The quantitative estimate of drug-likeness (QED) is 0.311. The van der Waals surface area contributed by atoms with Crippen molar-refractivity contribution in [2.24, 2.45) is 5.92 Å². The molecule has 31 heavy (non-hydrogen) atoms. The van der Waals surface area contributed by atoms with E-state index < -0.39 is 0 Å². The van der Waals surface area contributed by atoms with E-state index in [1.54, 1.807) is 11.9 Å². The van der Waals surface area contributed by atoms with Crippen molar-refractivity contribution in [3.63, 3.8) is 0 Å². The number of hydrogen-bond acceptors (Lipinski definition) is 4. The average Bonchev–Trinajstić information content (AvgIpc) is 2.80. The van der Waals surface area contributed by atoms with Gasteiger partial charge in [0.25, 0.3) is 5.56 Å². The summed E-state index contributed by atoms with van der Waals surface area (Å²) in [5, 5.41) is 0. The van der Waals surface area contributed by atoms with Crippen molar-refractivity contribution < 1.29 is 4.74 Å². The molecule has 2 atom stereocenters. The second kappa shape index (κ2) is 13.1. The Morgan fingerprint density at radius 1 is 1.06 bits per heavy atom. The smallest absolute Gasteiger partial charge is 0.254 e. The van der Waals surface area contributed by atoms with Gasteiger partial charge in [0, 0.05) is 23.1 Å². The zero-order valence-electron chi connectivity index (χ0n) is 20.0. The van der Waals surface area contributed by atoms with Gasteiger partial charge in [0.15, 0.2) is 0 Å². The summed E-state index contributed by atoms with van der Waals surface area (Å²) in [6, 6.07) is 4.58. The monoisotopic (exact) mass is 448 g/mol. The summed E-state index contributed by atoms with van der Waals surface area (Å²) in [6.07, 6.45) is 15.1. The fraction of sp³-hybridized carbons (Fsp3) is 0.808. The predicted octanol–water partition coefficient (Wildman–Crippen LogP) is 6.07. The number of fused-ring (bicyclic) bond motifs is 1. The summed E-state index contributed by atoms with van der Waals surface area (Å²) >= 11 is 1.76. The predicted molar refractivity (Wildman–Crippen MR) is 133 cm³/mol.